The van der Waals surface area contributed by atoms with Crippen LogP contribution in [-0.2, 0) is 0 Å². The lowest BCUT2D eigenvalue weighted by molar-refractivity contribution is 0.103. The van der Waals surface area contributed by atoms with Crippen molar-refractivity contribution in [1.29, 1.82) is 0 Å². The van der Waals surface area contributed by atoms with Gasteiger partial charge in [0.05, 0.1) is 23.2 Å². The van der Waals surface area contributed by atoms with Crippen molar-refractivity contribution in [2.24, 2.45) is 0 Å². The SMILES string of the molecule is O=C(Nc1cccc(Cl)c1F)c1cnc(-c2ccco2)s1. The Hall–Kier alpha value is -2.18. The molecule has 0 spiro atoms. The molecule has 0 aliphatic carbocycles. The van der Waals surface area contributed by atoms with E-state index in [0.717, 1.165) is 11.3 Å². The van der Waals surface area contributed by atoms with Gasteiger partial charge in [-0.25, -0.2) is 9.37 Å². The second-order valence-corrected chi connectivity index (χ2v) is 5.50. The quantitative estimate of drug-likeness (QED) is 0.775. The van der Waals surface area contributed by atoms with E-state index in [0.29, 0.717) is 15.6 Å². The van der Waals surface area contributed by atoms with Crippen LogP contribution in [0.15, 0.2) is 47.2 Å². The van der Waals surface area contributed by atoms with Gasteiger partial charge in [-0.3, -0.25) is 4.79 Å². The molecule has 0 atom stereocenters. The minimum atomic E-state index is -0.664. The normalized spacial score (nSPS) is 10.6. The lowest BCUT2D eigenvalue weighted by atomic mass is 10.3. The van der Waals surface area contributed by atoms with Crippen molar-refractivity contribution < 1.29 is 13.6 Å². The molecule has 0 radical (unpaired) electrons. The highest BCUT2D eigenvalue weighted by Crippen LogP contribution is 2.27. The number of amides is 1. The van der Waals surface area contributed by atoms with E-state index in [4.69, 9.17) is 16.0 Å². The van der Waals surface area contributed by atoms with Gasteiger partial charge in [0.15, 0.2) is 16.6 Å². The summed E-state index contributed by atoms with van der Waals surface area (Å²) >= 11 is 6.82. The Morgan fingerprint density at radius 2 is 2.19 bits per heavy atom. The number of rotatable bonds is 3. The zero-order valence-corrected chi connectivity index (χ0v) is 12.0. The number of benzene rings is 1. The van der Waals surface area contributed by atoms with Crippen molar-refractivity contribution in [2.75, 3.05) is 5.32 Å². The zero-order chi connectivity index (χ0) is 14.8. The summed E-state index contributed by atoms with van der Waals surface area (Å²) in [5, 5.41) is 3.00. The monoisotopic (exact) mass is 322 g/mol. The highest BCUT2D eigenvalue weighted by molar-refractivity contribution is 7.17. The average Bonchev–Trinajstić information content (AvgIpc) is 3.13. The third-order valence-electron chi connectivity index (χ3n) is 2.66. The second-order valence-electron chi connectivity index (χ2n) is 4.06. The summed E-state index contributed by atoms with van der Waals surface area (Å²) in [7, 11) is 0. The number of nitrogens with zero attached hydrogens (tertiary/aromatic N) is 1. The van der Waals surface area contributed by atoms with Gasteiger partial charge in [0.1, 0.15) is 4.88 Å². The summed E-state index contributed by atoms with van der Waals surface area (Å²) < 4.78 is 18.9. The largest absolute Gasteiger partial charge is 0.462 e. The summed E-state index contributed by atoms with van der Waals surface area (Å²) in [6.07, 6.45) is 2.94. The number of carbonyl (C=O) groups excluding carboxylic acids is 1. The molecular weight excluding hydrogens is 315 g/mol. The molecule has 0 fully saturated rings. The second kappa shape index (κ2) is 5.67. The van der Waals surface area contributed by atoms with E-state index >= 15 is 0 Å². The standard InChI is InChI=1S/C14H8ClFN2O2S/c15-8-3-1-4-9(12(8)16)18-13(19)11-7-17-14(21-11)10-5-2-6-20-10/h1-7H,(H,18,19). The van der Waals surface area contributed by atoms with Crippen molar-refractivity contribution in [3.05, 3.63) is 58.5 Å². The zero-order valence-electron chi connectivity index (χ0n) is 10.5. The molecular formula is C14H8ClFN2O2S. The van der Waals surface area contributed by atoms with Crippen LogP contribution < -0.4 is 5.32 Å². The van der Waals surface area contributed by atoms with Crippen LogP contribution in [0.3, 0.4) is 0 Å². The molecule has 3 aromatic rings. The number of furan rings is 1. The van der Waals surface area contributed by atoms with E-state index in [-0.39, 0.29) is 10.7 Å². The van der Waals surface area contributed by atoms with Gasteiger partial charge in [0.2, 0.25) is 0 Å². The molecule has 7 heteroatoms. The lowest BCUT2D eigenvalue weighted by Crippen LogP contribution is -2.11. The molecule has 0 unspecified atom stereocenters. The van der Waals surface area contributed by atoms with Gasteiger partial charge in [-0.15, -0.1) is 11.3 Å². The molecule has 1 aromatic carbocycles. The number of hydrogen-bond donors (Lipinski definition) is 1. The van der Waals surface area contributed by atoms with Crippen LogP contribution in [0.1, 0.15) is 9.67 Å². The van der Waals surface area contributed by atoms with Crippen LogP contribution in [-0.4, -0.2) is 10.9 Å². The lowest BCUT2D eigenvalue weighted by Gasteiger charge is -2.05. The van der Waals surface area contributed by atoms with Crippen LogP contribution >= 0.6 is 22.9 Å². The van der Waals surface area contributed by atoms with Gasteiger partial charge in [0, 0.05) is 0 Å². The van der Waals surface area contributed by atoms with Crippen molar-refractivity contribution in [2.45, 2.75) is 0 Å². The van der Waals surface area contributed by atoms with Gasteiger partial charge in [-0.05, 0) is 24.3 Å². The van der Waals surface area contributed by atoms with Crippen LogP contribution in [0.5, 0.6) is 0 Å². The average molecular weight is 323 g/mol. The minimum absolute atomic E-state index is 0.0282. The van der Waals surface area contributed by atoms with Gasteiger partial charge in [-0.2, -0.15) is 0 Å². The maximum Gasteiger partial charge on any atom is 0.267 e. The number of nitrogens with one attached hydrogen (secondary N) is 1. The van der Waals surface area contributed by atoms with Crippen LogP contribution in [0.2, 0.25) is 5.02 Å². The van der Waals surface area contributed by atoms with E-state index < -0.39 is 11.7 Å². The molecule has 21 heavy (non-hydrogen) atoms. The first-order valence-electron chi connectivity index (χ1n) is 5.90. The van der Waals surface area contributed by atoms with E-state index in [2.05, 4.69) is 10.3 Å². The summed E-state index contributed by atoms with van der Waals surface area (Å²) in [5.41, 5.74) is 0.0282. The first kappa shape index (κ1) is 13.8. The third kappa shape index (κ3) is 2.81. The van der Waals surface area contributed by atoms with Crippen LogP contribution in [0.4, 0.5) is 10.1 Å². The minimum Gasteiger partial charge on any atom is -0.462 e. The first-order valence-corrected chi connectivity index (χ1v) is 7.09. The predicted octanol–water partition coefficient (Wildman–Crippen LogP) is 4.45. The molecule has 0 aliphatic heterocycles. The number of aromatic nitrogens is 1. The number of thiazole rings is 1. The van der Waals surface area contributed by atoms with Crippen LogP contribution in [0, 0.1) is 5.82 Å². The molecule has 106 valence electrons. The number of anilines is 1. The number of halogens is 2. The maximum absolute atomic E-state index is 13.7. The molecule has 3 rings (SSSR count). The maximum atomic E-state index is 13.7. The van der Waals surface area contributed by atoms with E-state index in [1.165, 1.54) is 24.6 Å². The summed E-state index contributed by atoms with van der Waals surface area (Å²) in [6.45, 7) is 0. The Morgan fingerprint density at radius 3 is 2.95 bits per heavy atom. The van der Waals surface area contributed by atoms with E-state index in [1.807, 2.05) is 0 Å². The Morgan fingerprint density at radius 1 is 1.33 bits per heavy atom. The van der Waals surface area contributed by atoms with Gasteiger partial charge >= 0.3 is 0 Å². The van der Waals surface area contributed by atoms with Gasteiger partial charge in [-0.1, -0.05) is 17.7 Å². The van der Waals surface area contributed by atoms with Crippen molar-refractivity contribution in [3.8, 4) is 10.8 Å². The Balaban J connectivity index is 1.81. The molecule has 0 saturated carbocycles. The third-order valence-corrected chi connectivity index (χ3v) is 3.96. The molecule has 0 bridgehead atoms. The fourth-order valence-corrected chi connectivity index (χ4v) is 2.63. The molecule has 4 nitrogen and oxygen atoms in total. The Kier molecular flexibility index (Phi) is 3.72. The molecule has 2 heterocycles. The van der Waals surface area contributed by atoms with Crippen molar-refractivity contribution in [1.82, 2.24) is 4.98 Å². The van der Waals surface area contributed by atoms with E-state index in [9.17, 15) is 9.18 Å². The molecule has 0 saturated heterocycles. The summed E-state index contributed by atoms with van der Waals surface area (Å²) in [6, 6.07) is 7.89. The molecule has 1 amide bonds. The number of carbonyl (C=O) groups is 1. The van der Waals surface area contributed by atoms with Crippen molar-refractivity contribution in [3.63, 3.8) is 0 Å². The first-order chi connectivity index (χ1) is 10.1. The van der Waals surface area contributed by atoms with Crippen LogP contribution in [0.25, 0.3) is 10.8 Å². The molecule has 0 aliphatic rings. The van der Waals surface area contributed by atoms with Gasteiger partial charge in [0.25, 0.3) is 5.91 Å². The van der Waals surface area contributed by atoms with E-state index in [1.54, 1.807) is 18.2 Å². The highest BCUT2D eigenvalue weighted by Gasteiger charge is 2.15. The summed E-state index contributed by atoms with van der Waals surface area (Å²) in [4.78, 5) is 16.5. The fourth-order valence-electron chi connectivity index (χ4n) is 1.68. The van der Waals surface area contributed by atoms with Crippen molar-refractivity contribution >= 4 is 34.5 Å². The Bertz CT molecular complexity index is 786. The fraction of sp³-hybridized carbons (Fsp3) is 0. The Labute approximate surface area is 128 Å². The number of hydrogen-bond acceptors (Lipinski definition) is 4. The van der Waals surface area contributed by atoms with Gasteiger partial charge < -0.3 is 9.73 Å². The topological polar surface area (TPSA) is 55.1 Å². The highest BCUT2D eigenvalue weighted by atomic mass is 35.5. The predicted molar refractivity (Wildman–Crippen MR) is 79.2 cm³/mol. The molecule has 2 aromatic heterocycles. The summed E-state index contributed by atoms with van der Waals surface area (Å²) in [5.74, 6) is -0.539. The smallest absolute Gasteiger partial charge is 0.267 e. The molecule has 1 N–H and O–H groups in total.